The molecule has 16 heavy (non-hydrogen) atoms. The number of aryl methyl sites for hydroxylation is 1. The van der Waals surface area contributed by atoms with Gasteiger partial charge in [0.15, 0.2) is 0 Å². The Bertz CT molecular complexity index is 407. The molecule has 0 aliphatic carbocycles. The van der Waals surface area contributed by atoms with Crippen LogP contribution in [0, 0.1) is 5.82 Å². The maximum Gasteiger partial charge on any atom is 0.374 e. The third-order valence-corrected chi connectivity index (χ3v) is 2.31. The first-order valence-corrected chi connectivity index (χ1v) is 4.76. The van der Waals surface area contributed by atoms with Crippen LogP contribution >= 0.6 is 11.6 Å². The van der Waals surface area contributed by atoms with Crippen molar-refractivity contribution in [3.05, 3.63) is 34.6 Å². The van der Waals surface area contributed by atoms with Gasteiger partial charge in [-0.05, 0) is 24.1 Å². The van der Waals surface area contributed by atoms with Crippen molar-refractivity contribution < 1.29 is 23.1 Å². The summed E-state index contributed by atoms with van der Waals surface area (Å²) in [7, 11) is 0. The second-order valence-electron chi connectivity index (χ2n) is 3.26. The fourth-order valence-electron chi connectivity index (χ4n) is 1.10. The van der Waals surface area contributed by atoms with Crippen molar-refractivity contribution in [2.45, 2.75) is 18.8 Å². The number of carboxylic acid groups (broad SMARTS) is 1. The van der Waals surface area contributed by atoms with E-state index in [2.05, 4.69) is 0 Å². The summed E-state index contributed by atoms with van der Waals surface area (Å²) in [6, 6.07) is 3.55. The molecule has 1 rings (SSSR count). The highest BCUT2D eigenvalue weighted by atomic mass is 35.5. The lowest BCUT2D eigenvalue weighted by Gasteiger charge is -2.10. The molecule has 1 N–H and O–H groups in total. The van der Waals surface area contributed by atoms with Crippen LogP contribution in [-0.4, -0.2) is 17.0 Å². The Morgan fingerprint density at radius 1 is 1.44 bits per heavy atom. The van der Waals surface area contributed by atoms with E-state index in [1.807, 2.05) is 0 Å². The molecule has 6 heteroatoms. The van der Waals surface area contributed by atoms with Crippen LogP contribution in [0.5, 0.6) is 0 Å². The van der Waals surface area contributed by atoms with E-state index < -0.39 is 24.1 Å². The predicted octanol–water partition coefficient (Wildman–Crippen LogP) is 3.13. The van der Waals surface area contributed by atoms with Gasteiger partial charge in [0.2, 0.25) is 0 Å². The standard InChI is InChI=1S/C10H8ClF3O2/c11-7-5-6(1-2-8(7)12)3-4-10(13,14)9(15)16/h1-2,5H,3-4H2,(H,15,16). The van der Waals surface area contributed by atoms with Crippen molar-refractivity contribution in [1.29, 1.82) is 0 Å². The molecule has 0 unspecified atom stereocenters. The maximum absolute atomic E-state index is 12.7. The Kier molecular flexibility index (Phi) is 3.80. The third-order valence-electron chi connectivity index (χ3n) is 2.02. The van der Waals surface area contributed by atoms with E-state index in [0.717, 1.165) is 6.07 Å². The van der Waals surface area contributed by atoms with Gasteiger partial charge >= 0.3 is 11.9 Å². The largest absolute Gasteiger partial charge is 0.477 e. The average Bonchev–Trinajstić information content (AvgIpc) is 2.20. The molecule has 0 amide bonds. The number of hydrogen-bond donors (Lipinski definition) is 1. The van der Waals surface area contributed by atoms with Gasteiger partial charge in [0.05, 0.1) is 5.02 Å². The number of aliphatic carboxylic acids is 1. The van der Waals surface area contributed by atoms with E-state index in [9.17, 15) is 18.0 Å². The van der Waals surface area contributed by atoms with Crippen LogP contribution in [0.4, 0.5) is 13.2 Å². The van der Waals surface area contributed by atoms with Crippen molar-refractivity contribution in [3.8, 4) is 0 Å². The smallest absolute Gasteiger partial charge is 0.374 e. The van der Waals surface area contributed by atoms with E-state index in [0.29, 0.717) is 5.56 Å². The Morgan fingerprint density at radius 3 is 2.56 bits per heavy atom. The molecule has 1 aromatic carbocycles. The topological polar surface area (TPSA) is 37.3 Å². The van der Waals surface area contributed by atoms with E-state index in [4.69, 9.17) is 16.7 Å². The molecule has 0 bridgehead atoms. The zero-order valence-electron chi connectivity index (χ0n) is 8.01. The van der Waals surface area contributed by atoms with E-state index in [1.165, 1.54) is 12.1 Å². The summed E-state index contributed by atoms with van der Waals surface area (Å²) in [6.45, 7) is 0. The number of carbonyl (C=O) groups is 1. The first kappa shape index (κ1) is 12.8. The van der Waals surface area contributed by atoms with Crippen LogP contribution in [0.25, 0.3) is 0 Å². The van der Waals surface area contributed by atoms with Gasteiger partial charge in [0, 0.05) is 6.42 Å². The average molecular weight is 253 g/mol. The summed E-state index contributed by atoms with van der Waals surface area (Å²) in [5, 5.41) is 8.01. The van der Waals surface area contributed by atoms with Gasteiger partial charge in [-0.2, -0.15) is 8.78 Å². The zero-order valence-corrected chi connectivity index (χ0v) is 8.77. The molecule has 88 valence electrons. The summed E-state index contributed by atoms with van der Waals surface area (Å²) in [5.74, 6) is -6.59. The molecule has 0 saturated heterocycles. The molecule has 0 aliphatic rings. The molecule has 0 fully saturated rings. The van der Waals surface area contributed by atoms with Crippen LogP contribution in [-0.2, 0) is 11.2 Å². The summed E-state index contributed by atoms with van der Waals surface area (Å²) < 4.78 is 38.1. The van der Waals surface area contributed by atoms with Crippen LogP contribution in [0.2, 0.25) is 5.02 Å². The zero-order chi connectivity index (χ0) is 12.3. The summed E-state index contributed by atoms with van der Waals surface area (Å²) in [4.78, 5) is 10.1. The van der Waals surface area contributed by atoms with Gasteiger partial charge in [0.1, 0.15) is 5.82 Å². The molecule has 0 heterocycles. The summed E-state index contributed by atoms with van der Waals surface area (Å²) in [5.41, 5.74) is 0.368. The summed E-state index contributed by atoms with van der Waals surface area (Å²) in [6.07, 6.45) is -1.02. The Hall–Kier alpha value is -1.23. The normalized spacial score (nSPS) is 11.5. The van der Waals surface area contributed by atoms with Crippen molar-refractivity contribution in [1.82, 2.24) is 0 Å². The lowest BCUT2D eigenvalue weighted by Crippen LogP contribution is -2.28. The molecular formula is C10H8ClF3O2. The lowest BCUT2D eigenvalue weighted by atomic mass is 10.1. The number of rotatable bonds is 4. The van der Waals surface area contributed by atoms with E-state index in [-0.39, 0.29) is 11.4 Å². The number of halogens is 4. The molecule has 0 spiro atoms. The highest BCUT2D eigenvalue weighted by molar-refractivity contribution is 6.30. The van der Waals surface area contributed by atoms with Gasteiger partial charge in [-0.3, -0.25) is 0 Å². The van der Waals surface area contributed by atoms with Crippen molar-refractivity contribution in [2.75, 3.05) is 0 Å². The van der Waals surface area contributed by atoms with Crippen LogP contribution < -0.4 is 0 Å². The number of alkyl halides is 2. The minimum absolute atomic E-state index is 0.170. The number of hydrogen-bond acceptors (Lipinski definition) is 1. The highest BCUT2D eigenvalue weighted by Gasteiger charge is 2.37. The molecule has 2 nitrogen and oxygen atoms in total. The number of benzene rings is 1. The first-order valence-electron chi connectivity index (χ1n) is 4.38. The predicted molar refractivity (Wildman–Crippen MR) is 52.3 cm³/mol. The van der Waals surface area contributed by atoms with Crippen molar-refractivity contribution in [2.24, 2.45) is 0 Å². The second kappa shape index (κ2) is 4.74. The molecule has 1 aromatic rings. The van der Waals surface area contributed by atoms with Crippen LogP contribution in [0.3, 0.4) is 0 Å². The van der Waals surface area contributed by atoms with Crippen LogP contribution in [0.15, 0.2) is 18.2 Å². The molecule has 0 saturated carbocycles. The fourth-order valence-corrected chi connectivity index (χ4v) is 1.31. The lowest BCUT2D eigenvalue weighted by molar-refractivity contribution is -0.165. The van der Waals surface area contributed by atoms with E-state index >= 15 is 0 Å². The quantitative estimate of drug-likeness (QED) is 0.894. The number of carboxylic acids is 1. The summed E-state index contributed by atoms with van der Waals surface area (Å²) >= 11 is 5.45. The minimum atomic E-state index is -3.78. The van der Waals surface area contributed by atoms with Crippen LogP contribution in [0.1, 0.15) is 12.0 Å². The first-order chi connectivity index (χ1) is 7.33. The maximum atomic E-state index is 12.7. The van der Waals surface area contributed by atoms with Gasteiger partial charge < -0.3 is 5.11 Å². The van der Waals surface area contributed by atoms with Gasteiger partial charge in [0.25, 0.3) is 0 Å². The fraction of sp³-hybridized carbons (Fsp3) is 0.300. The second-order valence-corrected chi connectivity index (χ2v) is 3.67. The Labute approximate surface area is 94.6 Å². The highest BCUT2D eigenvalue weighted by Crippen LogP contribution is 2.23. The SMILES string of the molecule is O=C(O)C(F)(F)CCc1ccc(F)c(Cl)c1. The monoisotopic (exact) mass is 252 g/mol. The third kappa shape index (κ3) is 3.13. The van der Waals surface area contributed by atoms with Crippen molar-refractivity contribution >= 4 is 17.6 Å². The molecule has 0 atom stereocenters. The minimum Gasteiger partial charge on any atom is -0.477 e. The molecular weight excluding hydrogens is 245 g/mol. The molecule has 0 radical (unpaired) electrons. The van der Waals surface area contributed by atoms with Gasteiger partial charge in [-0.15, -0.1) is 0 Å². The van der Waals surface area contributed by atoms with Gasteiger partial charge in [-0.25, -0.2) is 9.18 Å². The van der Waals surface area contributed by atoms with Gasteiger partial charge in [-0.1, -0.05) is 17.7 Å². The van der Waals surface area contributed by atoms with Crippen molar-refractivity contribution in [3.63, 3.8) is 0 Å². The van der Waals surface area contributed by atoms with E-state index in [1.54, 1.807) is 0 Å². The molecule has 0 aliphatic heterocycles. The Morgan fingerprint density at radius 2 is 2.06 bits per heavy atom. The Balaban J connectivity index is 2.68. The molecule has 0 aromatic heterocycles.